The van der Waals surface area contributed by atoms with E-state index in [9.17, 15) is 24.5 Å². The third-order valence-corrected chi connectivity index (χ3v) is 3.34. The average Bonchev–Trinajstić information content (AvgIpc) is 2.80. The summed E-state index contributed by atoms with van der Waals surface area (Å²) in [6.45, 7) is 1.16. The van der Waals surface area contributed by atoms with Gasteiger partial charge in [-0.05, 0) is 19.1 Å². The van der Waals surface area contributed by atoms with Gasteiger partial charge in [-0.15, -0.1) is 0 Å². The van der Waals surface area contributed by atoms with Crippen LogP contribution in [0.3, 0.4) is 0 Å². The Bertz CT molecular complexity index is 654. The molecular weight excluding hydrogens is 280 g/mol. The molecule has 0 saturated carbocycles. The van der Waals surface area contributed by atoms with Gasteiger partial charge in [0, 0.05) is 24.6 Å². The molecule has 110 valence electrons. The fraction of sp³-hybridized carbons (Fsp3) is 0.308. The van der Waals surface area contributed by atoms with Gasteiger partial charge in [0.15, 0.2) is 5.78 Å². The van der Waals surface area contributed by atoms with Crippen LogP contribution in [0.4, 0.5) is 11.4 Å². The van der Waals surface area contributed by atoms with Gasteiger partial charge in [0.2, 0.25) is 5.91 Å². The van der Waals surface area contributed by atoms with Crippen LogP contribution in [0, 0.1) is 16.0 Å². The van der Waals surface area contributed by atoms with Crippen molar-refractivity contribution in [3.05, 3.63) is 33.9 Å². The number of Topliss-reactive ketones (excluding diaryl/α,β-unsaturated/α-hetero) is 1. The van der Waals surface area contributed by atoms with Crippen molar-refractivity contribution in [3.8, 4) is 0 Å². The number of aliphatic carboxylic acids is 1. The molecule has 1 N–H and O–H groups in total. The number of nitro groups is 1. The predicted molar refractivity (Wildman–Crippen MR) is 71.2 cm³/mol. The number of hydrogen-bond donors (Lipinski definition) is 1. The Hall–Kier alpha value is -2.77. The number of carbonyl (C=O) groups excluding carboxylic acids is 2. The zero-order chi connectivity index (χ0) is 15.7. The van der Waals surface area contributed by atoms with Crippen molar-refractivity contribution in [2.75, 3.05) is 11.4 Å². The predicted octanol–water partition coefficient (Wildman–Crippen LogP) is 1.23. The van der Waals surface area contributed by atoms with E-state index in [2.05, 4.69) is 0 Å². The van der Waals surface area contributed by atoms with E-state index in [4.69, 9.17) is 5.11 Å². The first-order valence-electron chi connectivity index (χ1n) is 6.13. The van der Waals surface area contributed by atoms with E-state index in [1.807, 2.05) is 0 Å². The second-order valence-corrected chi connectivity index (χ2v) is 4.76. The second-order valence-electron chi connectivity index (χ2n) is 4.76. The van der Waals surface area contributed by atoms with E-state index in [0.717, 1.165) is 11.0 Å². The Morgan fingerprint density at radius 1 is 1.43 bits per heavy atom. The third kappa shape index (κ3) is 2.73. The standard InChI is InChI=1S/C13H12N2O6/c1-7(16)8-2-3-10(11(4-8)15(20)21)14-6-9(13(18)19)5-12(14)17/h2-4,9H,5-6H2,1H3,(H,18,19). The molecule has 8 heteroatoms. The second kappa shape index (κ2) is 5.31. The first kappa shape index (κ1) is 14.6. The van der Waals surface area contributed by atoms with Crippen molar-refractivity contribution in [2.24, 2.45) is 5.92 Å². The third-order valence-electron chi connectivity index (χ3n) is 3.34. The van der Waals surface area contributed by atoms with Crippen LogP contribution in [0.1, 0.15) is 23.7 Å². The van der Waals surface area contributed by atoms with E-state index in [0.29, 0.717) is 0 Å². The summed E-state index contributed by atoms with van der Waals surface area (Å²) in [5.41, 5.74) is -0.215. The highest BCUT2D eigenvalue weighted by Gasteiger charge is 2.37. The monoisotopic (exact) mass is 292 g/mol. The lowest BCUT2D eigenvalue weighted by Gasteiger charge is -2.16. The smallest absolute Gasteiger partial charge is 0.308 e. The van der Waals surface area contributed by atoms with Gasteiger partial charge in [-0.3, -0.25) is 24.5 Å². The van der Waals surface area contributed by atoms with Gasteiger partial charge >= 0.3 is 5.97 Å². The summed E-state index contributed by atoms with van der Waals surface area (Å²) in [5.74, 6) is -2.82. The van der Waals surface area contributed by atoms with Crippen molar-refractivity contribution in [1.29, 1.82) is 0 Å². The molecule has 8 nitrogen and oxygen atoms in total. The van der Waals surface area contributed by atoms with Gasteiger partial charge in [-0.2, -0.15) is 0 Å². The maximum Gasteiger partial charge on any atom is 0.308 e. The highest BCUT2D eigenvalue weighted by Crippen LogP contribution is 2.33. The van der Waals surface area contributed by atoms with Crippen LogP contribution in [0.2, 0.25) is 0 Å². The lowest BCUT2D eigenvalue weighted by atomic mass is 10.1. The fourth-order valence-corrected chi connectivity index (χ4v) is 2.22. The number of carboxylic acids is 1. The highest BCUT2D eigenvalue weighted by atomic mass is 16.6. The summed E-state index contributed by atoms with van der Waals surface area (Å²) in [6.07, 6.45) is -0.194. The molecule has 0 aromatic heterocycles. The van der Waals surface area contributed by atoms with Crippen molar-refractivity contribution in [2.45, 2.75) is 13.3 Å². The van der Waals surface area contributed by atoms with Crippen molar-refractivity contribution in [1.82, 2.24) is 0 Å². The lowest BCUT2D eigenvalue weighted by Crippen LogP contribution is -2.26. The van der Waals surface area contributed by atoms with Crippen LogP contribution in [0.25, 0.3) is 0 Å². The van der Waals surface area contributed by atoms with Crippen LogP contribution in [-0.4, -0.2) is 34.2 Å². The molecule has 1 aromatic carbocycles. The maximum absolute atomic E-state index is 11.9. The molecule has 1 aliphatic heterocycles. The zero-order valence-corrected chi connectivity index (χ0v) is 11.1. The Labute approximate surface area is 119 Å². The zero-order valence-electron chi connectivity index (χ0n) is 11.1. The van der Waals surface area contributed by atoms with Crippen LogP contribution in [0.5, 0.6) is 0 Å². The van der Waals surface area contributed by atoms with E-state index in [-0.39, 0.29) is 35.7 Å². The molecule has 1 aliphatic rings. The summed E-state index contributed by atoms with van der Waals surface area (Å²) < 4.78 is 0. The van der Waals surface area contributed by atoms with Gasteiger partial charge in [-0.25, -0.2) is 0 Å². The molecule has 0 bridgehead atoms. The largest absolute Gasteiger partial charge is 0.481 e. The Balaban J connectivity index is 2.44. The quantitative estimate of drug-likeness (QED) is 0.506. The van der Waals surface area contributed by atoms with E-state index >= 15 is 0 Å². The summed E-state index contributed by atoms with van der Waals surface area (Å²) in [7, 11) is 0. The molecule has 0 aliphatic carbocycles. The average molecular weight is 292 g/mol. The number of benzene rings is 1. The van der Waals surface area contributed by atoms with Gasteiger partial charge < -0.3 is 10.0 Å². The molecule has 1 fully saturated rings. The first-order valence-corrected chi connectivity index (χ1v) is 6.13. The van der Waals surface area contributed by atoms with Crippen LogP contribution >= 0.6 is 0 Å². The van der Waals surface area contributed by atoms with Crippen molar-refractivity contribution in [3.63, 3.8) is 0 Å². The minimum atomic E-state index is -1.12. The molecule has 1 amide bonds. The SMILES string of the molecule is CC(=O)c1ccc(N2CC(C(=O)O)CC2=O)c([N+](=O)[O-])c1. The number of nitro benzene ring substituents is 1. The number of nitrogens with zero attached hydrogens (tertiary/aromatic N) is 2. The Morgan fingerprint density at radius 2 is 2.10 bits per heavy atom. The summed E-state index contributed by atoms with van der Waals surface area (Å²) in [4.78, 5) is 45.6. The number of hydrogen-bond acceptors (Lipinski definition) is 5. The molecule has 0 radical (unpaired) electrons. The van der Waals surface area contributed by atoms with Gasteiger partial charge in [-0.1, -0.05) is 0 Å². The topological polar surface area (TPSA) is 118 Å². The highest BCUT2D eigenvalue weighted by molar-refractivity contribution is 6.02. The van der Waals surface area contributed by atoms with Crippen molar-refractivity contribution >= 4 is 29.0 Å². The Kier molecular flexibility index (Phi) is 3.70. The van der Waals surface area contributed by atoms with E-state index in [1.165, 1.54) is 19.1 Å². The number of carboxylic acid groups (broad SMARTS) is 1. The number of rotatable bonds is 4. The minimum Gasteiger partial charge on any atom is -0.481 e. The number of ketones is 1. The van der Waals surface area contributed by atoms with Crippen LogP contribution in [0.15, 0.2) is 18.2 Å². The lowest BCUT2D eigenvalue weighted by molar-refractivity contribution is -0.384. The molecule has 0 spiro atoms. The van der Waals surface area contributed by atoms with Crippen LogP contribution in [-0.2, 0) is 9.59 Å². The minimum absolute atomic E-state index is 0.0127. The molecule has 1 atom stereocenters. The molecule has 21 heavy (non-hydrogen) atoms. The molecule has 1 unspecified atom stereocenters. The number of anilines is 1. The summed E-state index contributed by atoms with van der Waals surface area (Å²) in [6, 6.07) is 3.78. The van der Waals surface area contributed by atoms with Gasteiger partial charge in [0.1, 0.15) is 5.69 Å². The molecular formula is C13H12N2O6. The maximum atomic E-state index is 11.9. The normalized spacial score (nSPS) is 17.9. The first-order chi connectivity index (χ1) is 9.81. The number of carbonyl (C=O) groups is 3. The number of amides is 1. The molecule has 1 saturated heterocycles. The molecule has 2 rings (SSSR count). The van der Waals surface area contributed by atoms with Crippen molar-refractivity contribution < 1.29 is 24.4 Å². The van der Waals surface area contributed by atoms with E-state index in [1.54, 1.807) is 0 Å². The van der Waals surface area contributed by atoms with Gasteiger partial charge in [0.05, 0.1) is 10.8 Å². The summed E-state index contributed by atoms with van der Waals surface area (Å²) >= 11 is 0. The van der Waals surface area contributed by atoms with E-state index < -0.39 is 22.7 Å². The Morgan fingerprint density at radius 3 is 2.57 bits per heavy atom. The molecule has 1 heterocycles. The fourth-order valence-electron chi connectivity index (χ4n) is 2.22. The molecule has 1 aromatic rings. The summed E-state index contributed by atoms with van der Waals surface area (Å²) in [5, 5.41) is 20.0. The van der Waals surface area contributed by atoms with Crippen LogP contribution < -0.4 is 4.90 Å². The van der Waals surface area contributed by atoms with Gasteiger partial charge in [0.25, 0.3) is 5.69 Å².